The molecule has 1 saturated carbocycles. The van der Waals surface area contributed by atoms with Gasteiger partial charge in [0.1, 0.15) is 0 Å². The molecule has 0 aliphatic heterocycles. The highest BCUT2D eigenvalue weighted by Gasteiger charge is 2.39. The van der Waals surface area contributed by atoms with E-state index >= 15 is 0 Å². The summed E-state index contributed by atoms with van der Waals surface area (Å²) in [5.41, 5.74) is 3.57. The van der Waals surface area contributed by atoms with Crippen molar-refractivity contribution in [1.82, 2.24) is 0 Å². The van der Waals surface area contributed by atoms with Gasteiger partial charge in [-0.05, 0) is 54.3 Å². The quantitative estimate of drug-likeness (QED) is 0.443. The molecule has 5 rings (SSSR count). The molecule has 0 aromatic heterocycles. The Morgan fingerprint density at radius 2 is 1.25 bits per heavy atom. The lowest BCUT2D eigenvalue weighted by atomic mass is 9.76. The van der Waals surface area contributed by atoms with E-state index in [9.17, 15) is 0 Å². The van der Waals surface area contributed by atoms with Gasteiger partial charge in [-0.1, -0.05) is 110 Å². The van der Waals surface area contributed by atoms with Crippen LogP contribution in [0.4, 0.5) is 0 Å². The Morgan fingerprint density at radius 1 is 0.643 bits per heavy atom. The first kappa shape index (κ1) is 17.9. The predicted molar refractivity (Wildman–Crippen MR) is 123 cm³/mol. The first-order chi connectivity index (χ1) is 13.9. The lowest BCUT2D eigenvalue weighted by Crippen LogP contribution is -2.28. The van der Waals surface area contributed by atoms with E-state index in [1.165, 1.54) is 41.9 Å². The monoisotopic (exact) mass is 382 g/mol. The second kappa shape index (κ2) is 8.06. The van der Waals surface area contributed by atoms with E-state index in [4.69, 9.17) is 0 Å². The summed E-state index contributed by atoms with van der Waals surface area (Å²) in [5.74, 6) is 1.45. The van der Waals surface area contributed by atoms with Gasteiger partial charge in [0.25, 0.3) is 0 Å². The van der Waals surface area contributed by atoms with Gasteiger partial charge >= 0.3 is 0 Å². The molecule has 0 amide bonds. The second-order valence-electron chi connectivity index (χ2n) is 8.09. The number of fused-ring (bicyclic) bond motifs is 2. The fourth-order valence-electron chi connectivity index (χ4n) is 5.19. The minimum atomic E-state index is -0.456. The van der Waals surface area contributed by atoms with Gasteiger partial charge in [0.2, 0.25) is 0 Å². The van der Waals surface area contributed by atoms with E-state index in [1.54, 1.807) is 5.56 Å². The van der Waals surface area contributed by atoms with Gasteiger partial charge in [-0.2, -0.15) is 0 Å². The molecule has 140 valence electrons. The summed E-state index contributed by atoms with van der Waals surface area (Å²) < 4.78 is 0. The number of allylic oxidation sites excluding steroid dienone is 1. The zero-order valence-corrected chi connectivity index (χ0v) is 17.1. The third-order valence-corrected chi connectivity index (χ3v) is 9.39. The highest BCUT2D eigenvalue weighted by atomic mass is 31.1. The molecule has 0 radical (unpaired) electrons. The van der Waals surface area contributed by atoms with Crippen LogP contribution in [0.2, 0.25) is 0 Å². The summed E-state index contributed by atoms with van der Waals surface area (Å²) in [5, 5.41) is 3.02. The average Bonchev–Trinajstić information content (AvgIpc) is 2.93. The topological polar surface area (TPSA) is 0 Å². The van der Waals surface area contributed by atoms with Crippen LogP contribution in [0.15, 0.2) is 91.0 Å². The van der Waals surface area contributed by atoms with Gasteiger partial charge in [0.15, 0.2) is 0 Å². The number of benzene rings is 3. The average molecular weight is 382 g/mol. The van der Waals surface area contributed by atoms with Crippen LogP contribution in [-0.4, -0.2) is 0 Å². The minimum absolute atomic E-state index is 0.456. The summed E-state index contributed by atoms with van der Waals surface area (Å²) >= 11 is 0. The molecule has 3 atom stereocenters. The highest BCUT2D eigenvalue weighted by Crippen LogP contribution is 2.59. The second-order valence-corrected chi connectivity index (χ2v) is 10.4. The van der Waals surface area contributed by atoms with Crippen LogP contribution < -0.4 is 10.6 Å². The van der Waals surface area contributed by atoms with Crippen LogP contribution in [-0.2, 0) is 0 Å². The van der Waals surface area contributed by atoms with E-state index in [1.807, 2.05) is 0 Å². The molecule has 0 saturated heterocycles. The van der Waals surface area contributed by atoms with Crippen LogP contribution in [0, 0.1) is 11.8 Å². The predicted octanol–water partition coefficient (Wildman–Crippen LogP) is 6.69. The Kier molecular flexibility index (Phi) is 5.15. The van der Waals surface area contributed by atoms with Crippen LogP contribution >= 0.6 is 7.92 Å². The molecular weight excluding hydrogens is 355 g/mol. The van der Waals surface area contributed by atoms with Crippen molar-refractivity contribution in [1.29, 1.82) is 0 Å². The maximum absolute atomic E-state index is 2.53. The SMILES string of the molecule is C1=C[C@H]2CCCC[C@@H]2[C@H](P(c2ccccc2)c2ccccc2)c2ccccc21. The lowest BCUT2D eigenvalue weighted by molar-refractivity contribution is 0.279. The smallest absolute Gasteiger partial charge is 0.0162 e. The Hall–Kier alpha value is -2.17. The van der Waals surface area contributed by atoms with Crippen molar-refractivity contribution in [2.45, 2.75) is 31.3 Å². The van der Waals surface area contributed by atoms with Crippen LogP contribution in [0.3, 0.4) is 0 Å². The van der Waals surface area contributed by atoms with Crippen LogP contribution in [0.25, 0.3) is 6.08 Å². The van der Waals surface area contributed by atoms with Crippen LogP contribution in [0.1, 0.15) is 42.5 Å². The van der Waals surface area contributed by atoms with Crippen molar-refractivity contribution < 1.29 is 0 Å². The summed E-state index contributed by atoms with van der Waals surface area (Å²) in [4.78, 5) is 0. The fourth-order valence-corrected chi connectivity index (χ4v) is 8.38. The lowest BCUT2D eigenvalue weighted by Gasteiger charge is -2.40. The largest absolute Gasteiger partial charge is 0.0805 e. The first-order valence-corrected chi connectivity index (χ1v) is 12.0. The summed E-state index contributed by atoms with van der Waals surface area (Å²) in [6, 6.07) is 31.8. The molecule has 3 aromatic rings. The molecule has 3 aromatic carbocycles. The van der Waals surface area contributed by atoms with E-state index in [-0.39, 0.29) is 0 Å². The van der Waals surface area contributed by atoms with Crippen molar-refractivity contribution in [3.05, 3.63) is 102 Å². The third kappa shape index (κ3) is 3.36. The molecule has 0 spiro atoms. The zero-order chi connectivity index (χ0) is 18.8. The molecule has 0 nitrogen and oxygen atoms in total. The van der Waals surface area contributed by atoms with E-state index < -0.39 is 7.92 Å². The highest BCUT2D eigenvalue weighted by molar-refractivity contribution is 7.73. The fraction of sp³-hybridized carbons (Fsp3) is 0.259. The number of hydrogen-bond acceptors (Lipinski definition) is 0. The van der Waals surface area contributed by atoms with Crippen molar-refractivity contribution in [2.24, 2.45) is 11.8 Å². The normalized spacial score (nSPS) is 23.7. The molecule has 0 heterocycles. The number of hydrogen-bond donors (Lipinski definition) is 0. The van der Waals surface area contributed by atoms with Crippen molar-refractivity contribution in [3.63, 3.8) is 0 Å². The Labute approximate surface area is 170 Å². The Bertz CT molecular complexity index is 905. The molecule has 0 bridgehead atoms. The Balaban J connectivity index is 1.72. The summed E-state index contributed by atoms with van der Waals surface area (Å²) in [6.07, 6.45) is 10.4. The number of rotatable bonds is 3. The van der Waals surface area contributed by atoms with Gasteiger partial charge in [0, 0.05) is 5.66 Å². The zero-order valence-electron chi connectivity index (χ0n) is 16.2. The molecule has 2 aliphatic rings. The third-order valence-electron chi connectivity index (χ3n) is 6.46. The first-order valence-electron chi connectivity index (χ1n) is 10.6. The molecule has 0 N–H and O–H groups in total. The van der Waals surface area contributed by atoms with Crippen molar-refractivity contribution in [2.75, 3.05) is 0 Å². The molecule has 2 aliphatic carbocycles. The van der Waals surface area contributed by atoms with Gasteiger partial charge in [-0.3, -0.25) is 0 Å². The van der Waals surface area contributed by atoms with E-state index in [2.05, 4.69) is 97.1 Å². The summed E-state index contributed by atoms with van der Waals surface area (Å²) in [6.45, 7) is 0. The van der Waals surface area contributed by atoms with Crippen molar-refractivity contribution in [3.8, 4) is 0 Å². The van der Waals surface area contributed by atoms with Gasteiger partial charge < -0.3 is 0 Å². The molecular formula is C27H27P. The van der Waals surface area contributed by atoms with E-state index in [0.717, 1.165) is 5.92 Å². The molecule has 1 heteroatoms. The van der Waals surface area contributed by atoms with Gasteiger partial charge in [0.05, 0.1) is 0 Å². The molecule has 1 fully saturated rings. The standard InChI is InChI=1S/C27H27P/c1-3-13-23(14-4-1)28(24-15-5-2-6-16-24)27-25-17-9-7-11-21(25)19-20-22-12-8-10-18-26(22)27/h1-7,9,11,13-17,19-20,22,26-27H,8,10,12,18H2/t22-,26+,27-/m1/s1. The van der Waals surface area contributed by atoms with E-state index in [0.29, 0.717) is 11.6 Å². The maximum atomic E-state index is 2.53. The Morgan fingerprint density at radius 3 is 1.96 bits per heavy atom. The van der Waals surface area contributed by atoms with Crippen molar-refractivity contribution >= 4 is 24.6 Å². The molecule has 28 heavy (non-hydrogen) atoms. The summed E-state index contributed by atoms with van der Waals surface area (Å²) in [7, 11) is -0.456. The maximum Gasteiger partial charge on any atom is 0.0162 e. The van der Waals surface area contributed by atoms with Gasteiger partial charge in [-0.15, -0.1) is 0 Å². The minimum Gasteiger partial charge on any atom is -0.0805 e. The van der Waals surface area contributed by atoms with Crippen LogP contribution in [0.5, 0.6) is 0 Å². The molecule has 0 unspecified atom stereocenters. The van der Waals surface area contributed by atoms with Gasteiger partial charge in [-0.25, -0.2) is 0 Å².